The lowest BCUT2D eigenvalue weighted by atomic mass is 9.57. The molecular formula is C13H14ClNO. The second kappa shape index (κ2) is 3.49. The molecule has 2 aliphatic heterocycles. The van der Waals surface area contributed by atoms with Crippen molar-refractivity contribution in [1.82, 2.24) is 5.32 Å². The van der Waals surface area contributed by atoms with E-state index in [0.717, 1.165) is 30.8 Å². The summed E-state index contributed by atoms with van der Waals surface area (Å²) in [6, 6.07) is 8.00. The summed E-state index contributed by atoms with van der Waals surface area (Å²) in [5.74, 6) is 0.497. The van der Waals surface area contributed by atoms with Gasteiger partial charge in [-0.25, -0.2) is 0 Å². The number of amides is 1. The topological polar surface area (TPSA) is 29.1 Å². The average Bonchev–Trinajstić information content (AvgIpc) is 2.23. The van der Waals surface area contributed by atoms with Crippen molar-refractivity contribution in [2.45, 2.75) is 19.3 Å². The summed E-state index contributed by atoms with van der Waals surface area (Å²) in [5.41, 5.74) is 1.49. The van der Waals surface area contributed by atoms with Gasteiger partial charge in [-0.05, 0) is 36.3 Å². The third-order valence-corrected chi connectivity index (χ3v) is 4.26. The highest BCUT2D eigenvalue weighted by molar-refractivity contribution is 6.31. The van der Waals surface area contributed by atoms with E-state index in [1.165, 1.54) is 5.56 Å². The van der Waals surface area contributed by atoms with Crippen LogP contribution in [0.2, 0.25) is 5.02 Å². The van der Waals surface area contributed by atoms with Crippen LogP contribution in [0.4, 0.5) is 0 Å². The number of fused-ring (bicyclic) bond motifs is 2. The van der Waals surface area contributed by atoms with E-state index in [4.69, 9.17) is 11.6 Å². The highest BCUT2D eigenvalue weighted by Crippen LogP contribution is 2.50. The molecule has 1 aromatic rings. The highest BCUT2D eigenvalue weighted by atomic mass is 35.5. The van der Waals surface area contributed by atoms with Gasteiger partial charge in [0.1, 0.15) is 0 Å². The van der Waals surface area contributed by atoms with Crippen molar-refractivity contribution in [3.63, 3.8) is 0 Å². The Morgan fingerprint density at radius 1 is 1.38 bits per heavy atom. The van der Waals surface area contributed by atoms with E-state index in [0.29, 0.717) is 0 Å². The molecule has 3 aliphatic rings. The first kappa shape index (κ1) is 10.2. The zero-order valence-electron chi connectivity index (χ0n) is 9.00. The predicted octanol–water partition coefficient (Wildman–Crippen LogP) is 2.41. The van der Waals surface area contributed by atoms with Crippen molar-refractivity contribution in [2.24, 2.45) is 11.3 Å². The number of hydrogen-bond donors (Lipinski definition) is 1. The molecule has 0 spiro atoms. The molecule has 0 aromatic heterocycles. The number of carbonyl (C=O) groups excluding carboxylic acids is 1. The molecule has 2 nitrogen and oxygen atoms in total. The summed E-state index contributed by atoms with van der Waals surface area (Å²) in [4.78, 5) is 11.4. The monoisotopic (exact) mass is 235 g/mol. The van der Waals surface area contributed by atoms with E-state index < -0.39 is 0 Å². The SMILES string of the molecule is O=C1NCC2(Cc3ccccc3Cl)CC1C2. The molecule has 1 N–H and O–H groups in total. The van der Waals surface area contributed by atoms with Crippen LogP contribution in [0.15, 0.2) is 24.3 Å². The van der Waals surface area contributed by atoms with Gasteiger partial charge >= 0.3 is 0 Å². The summed E-state index contributed by atoms with van der Waals surface area (Å²) < 4.78 is 0. The van der Waals surface area contributed by atoms with Crippen LogP contribution in [0.3, 0.4) is 0 Å². The molecule has 2 heterocycles. The standard InChI is InChI=1S/C13H14ClNO/c14-11-4-2-1-3-9(11)5-13-6-10(7-13)12(16)15-8-13/h1-4,10H,5-8H2,(H,15,16). The normalized spacial score (nSPS) is 31.8. The molecule has 2 saturated heterocycles. The average molecular weight is 236 g/mol. The smallest absolute Gasteiger partial charge is 0.223 e. The Kier molecular flexibility index (Phi) is 2.21. The number of nitrogens with one attached hydrogen (secondary N) is 1. The highest BCUT2D eigenvalue weighted by Gasteiger charge is 2.51. The van der Waals surface area contributed by atoms with Crippen molar-refractivity contribution >= 4 is 17.5 Å². The molecule has 2 bridgehead atoms. The number of piperidine rings is 2. The zero-order valence-corrected chi connectivity index (χ0v) is 9.76. The van der Waals surface area contributed by atoms with Crippen molar-refractivity contribution < 1.29 is 4.79 Å². The van der Waals surface area contributed by atoms with Gasteiger partial charge in [-0.3, -0.25) is 4.79 Å². The van der Waals surface area contributed by atoms with Gasteiger partial charge in [0.2, 0.25) is 5.91 Å². The molecule has 1 amide bonds. The van der Waals surface area contributed by atoms with Crippen LogP contribution in [-0.4, -0.2) is 12.5 Å². The van der Waals surface area contributed by atoms with Gasteiger partial charge in [0, 0.05) is 17.5 Å². The van der Waals surface area contributed by atoms with Crippen molar-refractivity contribution in [1.29, 1.82) is 0 Å². The lowest BCUT2D eigenvalue weighted by molar-refractivity contribution is -0.140. The molecule has 1 aromatic carbocycles. The third-order valence-electron chi connectivity index (χ3n) is 3.89. The number of carbonyl (C=O) groups is 1. The van der Waals surface area contributed by atoms with Crippen LogP contribution in [-0.2, 0) is 11.2 Å². The van der Waals surface area contributed by atoms with Gasteiger partial charge in [0.15, 0.2) is 0 Å². The first-order valence-corrected chi connectivity index (χ1v) is 6.07. The predicted molar refractivity (Wildman–Crippen MR) is 63.3 cm³/mol. The molecule has 3 fully saturated rings. The van der Waals surface area contributed by atoms with Gasteiger partial charge < -0.3 is 5.32 Å². The van der Waals surface area contributed by atoms with E-state index in [-0.39, 0.29) is 17.2 Å². The van der Waals surface area contributed by atoms with Crippen molar-refractivity contribution in [2.75, 3.05) is 6.54 Å². The van der Waals surface area contributed by atoms with E-state index in [1.807, 2.05) is 18.2 Å². The molecule has 16 heavy (non-hydrogen) atoms. The second-order valence-electron chi connectivity index (χ2n) is 5.09. The molecule has 0 radical (unpaired) electrons. The summed E-state index contributed by atoms with van der Waals surface area (Å²) in [5, 5.41) is 3.82. The van der Waals surface area contributed by atoms with E-state index in [2.05, 4.69) is 11.4 Å². The Hall–Kier alpha value is -1.02. The Balaban J connectivity index is 1.77. The summed E-state index contributed by atoms with van der Waals surface area (Å²) in [6.07, 6.45) is 3.05. The van der Waals surface area contributed by atoms with Crippen LogP contribution in [0, 0.1) is 11.3 Å². The molecule has 1 saturated carbocycles. The van der Waals surface area contributed by atoms with Crippen LogP contribution in [0.1, 0.15) is 18.4 Å². The molecule has 3 heteroatoms. The lowest BCUT2D eigenvalue weighted by Crippen LogP contribution is -2.58. The minimum Gasteiger partial charge on any atom is -0.355 e. The third kappa shape index (κ3) is 1.52. The lowest BCUT2D eigenvalue weighted by Gasteiger charge is -2.52. The number of rotatable bonds is 2. The summed E-state index contributed by atoms with van der Waals surface area (Å²) >= 11 is 6.16. The number of halogens is 1. The molecule has 4 rings (SSSR count). The molecule has 0 unspecified atom stereocenters. The van der Waals surface area contributed by atoms with Crippen LogP contribution in [0.5, 0.6) is 0 Å². The molecule has 1 aliphatic carbocycles. The fourth-order valence-electron chi connectivity index (χ4n) is 2.99. The fraction of sp³-hybridized carbons (Fsp3) is 0.462. The first-order chi connectivity index (χ1) is 7.69. The van der Waals surface area contributed by atoms with Gasteiger partial charge in [0.05, 0.1) is 0 Å². The van der Waals surface area contributed by atoms with Gasteiger partial charge in [-0.1, -0.05) is 29.8 Å². The summed E-state index contributed by atoms with van der Waals surface area (Å²) in [6.45, 7) is 0.813. The number of hydrogen-bond acceptors (Lipinski definition) is 1. The fourth-order valence-corrected chi connectivity index (χ4v) is 3.19. The van der Waals surface area contributed by atoms with Gasteiger partial charge in [-0.15, -0.1) is 0 Å². The molecule has 0 atom stereocenters. The largest absolute Gasteiger partial charge is 0.355 e. The van der Waals surface area contributed by atoms with Crippen LogP contribution in [0.25, 0.3) is 0 Å². The Labute approximate surface area is 100.0 Å². The van der Waals surface area contributed by atoms with Crippen molar-refractivity contribution in [3.8, 4) is 0 Å². The van der Waals surface area contributed by atoms with Crippen LogP contribution >= 0.6 is 11.6 Å². The Morgan fingerprint density at radius 3 is 2.75 bits per heavy atom. The number of benzene rings is 1. The minimum absolute atomic E-state index is 0.237. The van der Waals surface area contributed by atoms with Crippen LogP contribution < -0.4 is 5.32 Å². The minimum atomic E-state index is 0.237. The summed E-state index contributed by atoms with van der Waals surface area (Å²) in [7, 11) is 0. The van der Waals surface area contributed by atoms with Crippen molar-refractivity contribution in [3.05, 3.63) is 34.9 Å². The van der Waals surface area contributed by atoms with E-state index in [1.54, 1.807) is 0 Å². The second-order valence-corrected chi connectivity index (χ2v) is 5.50. The van der Waals surface area contributed by atoms with E-state index >= 15 is 0 Å². The zero-order chi connectivity index (χ0) is 11.2. The Morgan fingerprint density at radius 2 is 2.12 bits per heavy atom. The first-order valence-electron chi connectivity index (χ1n) is 5.70. The maximum Gasteiger partial charge on any atom is 0.223 e. The van der Waals surface area contributed by atoms with Gasteiger partial charge in [-0.2, -0.15) is 0 Å². The molecular weight excluding hydrogens is 222 g/mol. The maximum absolute atomic E-state index is 11.4. The Bertz CT molecular complexity index is 432. The molecule has 84 valence electrons. The quantitative estimate of drug-likeness (QED) is 0.838. The van der Waals surface area contributed by atoms with Gasteiger partial charge in [0.25, 0.3) is 0 Å². The maximum atomic E-state index is 11.4. The van der Waals surface area contributed by atoms with E-state index in [9.17, 15) is 4.79 Å².